The molecule has 2 heterocycles. The average Bonchev–Trinajstić information content (AvgIpc) is 2.51. The van der Waals surface area contributed by atoms with Crippen LogP contribution in [-0.4, -0.2) is 59.4 Å². The van der Waals surface area contributed by atoms with Crippen molar-refractivity contribution in [1.29, 1.82) is 0 Å². The molecule has 0 saturated carbocycles. The van der Waals surface area contributed by atoms with E-state index in [0.29, 0.717) is 6.54 Å². The second-order valence-electron chi connectivity index (χ2n) is 5.43. The Morgan fingerprint density at radius 2 is 1.95 bits per heavy atom. The summed E-state index contributed by atoms with van der Waals surface area (Å²) in [6.07, 6.45) is 0. The Labute approximate surface area is 132 Å². The minimum Gasteiger partial charge on any atom is -0.357 e. The lowest BCUT2D eigenvalue weighted by Gasteiger charge is -2.36. The molecule has 120 valence electrons. The maximum absolute atomic E-state index is 11.4. The summed E-state index contributed by atoms with van der Waals surface area (Å²) in [6, 6.07) is 5.99. The van der Waals surface area contributed by atoms with Crippen LogP contribution in [0.3, 0.4) is 0 Å². The number of piperazine rings is 1. The molecule has 1 saturated heterocycles. The zero-order chi connectivity index (χ0) is 15.9. The maximum Gasteiger partial charge on any atom is 0.219 e. The van der Waals surface area contributed by atoms with Gasteiger partial charge in [0.1, 0.15) is 0 Å². The van der Waals surface area contributed by atoms with E-state index in [4.69, 9.17) is 0 Å². The van der Waals surface area contributed by atoms with Crippen molar-refractivity contribution >= 4 is 11.9 Å². The minimum absolute atomic E-state index is 0.144. The first kappa shape index (κ1) is 16.3. The lowest BCUT2D eigenvalue weighted by atomic mass is 10.3. The molecule has 1 aliphatic rings. The largest absolute Gasteiger partial charge is 0.357 e. The summed E-state index contributed by atoms with van der Waals surface area (Å²) in [5.41, 5.74) is 1.98. The SMILES string of the molecule is CCNC(=NCc1cccc(C)n1)N1CCN(C(C)=O)CC1. The topological polar surface area (TPSA) is 60.8 Å². The van der Waals surface area contributed by atoms with Crippen molar-refractivity contribution in [2.24, 2.45) is 4.99 Å². The number of nitrogens with one attached hydrogen (secondary N) is 1. The summed E-state index contributed by atoms with van der Waals surface area (Å²) >= 11 is 0. The van der Waals surface area contributed by atoms with Crippen LogP contribution in [0.1, 0.15) is 25.2 Å². The highest BCUT2D eigenvalue weighted by molar-refractivity contribution is 5.80. The summed E-state index contributed by atoms with van der Waals surface area (Å²) in [4.78, 5) is 24.6. The molecule has 1 amide bonds. The minimum atomic E-state index is 0.144. The number of hydrogen-bond acceptors (Lipinski definition) is 3. The molecular formula is C16H25N5O. The van der Waals surface area contributed by atoms with Gasteiger partial charge in [-0.2, -0.15) is 0 Å². The van der Waals surface area contributed by atoms with Gasteiger partial charge in [-0.3, -0.25) is 9.78 Å². The van der Waals surface area contributed by atoms with Crippen LogP contribution >= 0.6 is 0 Å². The summed E-state index contributed by atoms with van der Waals surface area (Å²) in [5.74, 6) is 1.04. The summed E-state index contributed by atoms with van der Waals surface area (Å²) < 4.78 is 0. The molecule has 0 spiro atoms. The standard InChI is InChI=1S/C16H25N5O/c1-4-17-16(18-12-15-7-5-6-13(2)19-15)21-10-8-20(9-11-21)14(3)22/h5-7H,4,8-12H2,1-3H3,(H,17,18). The van der Waals surface area contributed by atoms with E-state index in [1.165, 1.54) is 0 Å². The van der Waals surface area contributed by atoms with Crippen LogP contribution in [0.5, 0.6) is 0 Å². The zero-order valence-corrected chi connectivity index (χ0v) is 13.7. The molecule has 6 nitrogen and oxygen atoms in total. The van der Waals surface area contributed by atoms with E-state index in [2.05, 4.69) is 27.1 Å². The molecule has 0 bridgehead atoms. The van der Waals surface area contributed by atoms with Crippen molar-refractivity contribution < 1.29 is 4.79 Å². The van der Waals surface area contributed by atoms with Gasteiger partial charge in [-0.05, 0) is 26.0 Å². The van der Waals surface area contributed by atoms with E-state index in [-0.39, 0.29) is 5.91 Å². The Hall–Kier alpha value is -2.11. The predicted octanol–water partition coefficient (Wildman–Crippen LogP) is 1.02. The predicted molar refractivity (Wildman–Crippen MR) is 87.6 cm³/mol. The van der Waals surface area contributed by atoms with E-state index in [0.717, 1.165) is 50.1 Å². The first-order valence-electron chi connectivity index (χ1n) is 7.81. The molecule has 0 aliphatic carbocycles. The quantitative estimate of drug-likeness (QED) is 0.669. The normalized spacial score (nSPS) is 15.9. The van der Waals surface area contributed by atoms with Crippen molar-refractivity contribution in [1.82, 2.24) is 20.1 Å². The van der Waals surface area contributed by atoms with Gasteiger partial charge in [0.25, 0.3) is 0 Å². The molecule has 0 aromatic carbocycles. The molecule has 1 aliphatic heterocycles. The van der Waals surface area contributed by atoms with Crippen LogP contribution in [0.15, 0.2) is 23.2 Å². The molecule has 1 aromatic heterocycles. The highest BCUT2D eigenvalue weighted by Crippen LogP contribution is 2.05. The monoisotopic (exact) mass is 303 g/mol. The number of aryl methyl sites for hydroxylation is 1. The second-order valence-corrected chi connectivity index (χ2v) is 5.43. The lowest BCUT2D eigenvalue weighted by molar-refractivity contribution is -0.130. The number of nitrogens with zero attached hydrogens (tertiary/aromatic N) is 4. The molecule has 0 unspecified atom stereocenters. The molecule has 2 rings (SSSR count). The Kier molecular flexibility index (Phi) is 5.75. The van der Waals surface area contributed by atoms with E-state index in [1.54, 1.807) is 6.92 Å². The van der Waals surface area contributed by atoms with E-state index in [9.17, 15) is 4.79 Å². The number of aliphatic imine (C=N–C) groups is 1. The summed E-state index contributed by atoms with van der Waals surface area (Å²) in [7, 11) is 0. The van der Waals surface area contributed by atoms with Crippen molar-refractivity contribution in [3.8, 4) is 0 Å². The fourth-order valence-corrected chi connectivity index (χ4v) is 2.50. The van der Waals surface area contributed by atoms with Crippen LogP contribution in [0.4, 0.5) is 0 Å². The molecule has 1 aromatic rings. The molecule has 22 heavy (non-hydrogen) atoms. The smallest absolute Gasteiger partial charge is 0.219 e. The third kappa shape index (κ3) is 4.44. The van der Waals surface area contributed by atoms with Gasteiger partial charge in [0.2, 0.25) is 5.91 Å². The number of hydrogen-bond donors (Lipinski definition) is 1. The fourth-order valence-electron chi connectivity index (χ4n) is 2.50. The number of guanidine groups is 1. The zero-order valence-electron chi connectivity index (χ0n) is 13.7. The van der Waals surface area contributed by atoms with Crippen LogP contribution < -0.4 is 5.32 Å². The molecule has 0 atom stereocenters. The van der Waals surface area contributed by atoms with Gasteiger partial charge in [-0.25, -0.2) is 4.99 Å². The molecule has 1 fully saturated rings. The third-order valence-corrected chi connectivity index (χ3v) is 3.70. The van der Waals surface area contributed by atoms with Crippen molar-refractivity contribution in [3.63, 3.8) is 0 Å². The van der Waals surface area contributed by atoms with Gasteiger partial charge < -0.3 is 15.1 Å². The van der Waals surface area contributed by atoms with E-state index in [1.807, 2.05) is 30.0 Å². The Balaban J connectivity index is 2.00. The van der Waals surface area contributed by atoms with E-state index >= 15 is 0 Å². The third-order valence-electron chi connectivity index (χ3n) is 3.70. The van der Waals surface area contributed by atoms with Gasteiger partial charge in [0.15, 0.2) is 5.96 Å². The molecule has 0 radical (unpaired) electrons. The number of carbonyl (C=O) groups excluding carboxylic acids is 1. The van der Waals surface area contributed by atoms with Gasteiger partial charge in [-0.1, -0.05) is 6.07 Å². The highest BCUT2D eigenvalue weighted by Gasteiger charge is 2.20. The van der Waals surface area contributed by atoms with Gasteiger partial charge in [-0.15, -0.1) is 0 Å². The van der Waals surface area contributed by atoms with Gasteiger partial charge >= 0.3 is 0 Å². The van der Waals surface area contributed by atoms with Crippen LogP contribution in [-0.2, 0) is 11.3 Å². The van der Waals surface area contributed by atoms with Crippen LogP contribution in [0, 0.1) is 6.92 Å². The number of rotatable bonds is 3. The lowest BCUT2D eigenvalue weighted by Crippen LogP contribution is -2.53. The average molecular weight is 303 g/mol. The van der Waals surface area contributed by atoms with E-state index < -0.39 is 0 Å². The van der Waals surface area contributed by atoms with Crippen molar-refractivity contribution in [2.75, 3.05) is 32.7 Å². The van der Waals surface area contributed by atoms with Gasteiger partial charge in [0, 0.05) is 45.3 Å². The highest BCUT2D eigenvalue weighted by atomic mass is 16.2. The maximum atomic E-state index is 11.4. The number of pyridine rings is 1. The summed E-state index contributed by atoms with van der Waals surface area (Å²) in [5, 5.41) is 3.33. The molecular weight excluding hydrogens is 278 g/mol. The van der Waals surface area contributed by atoms with Crippen molar-refractivity contribution in [3.05, 3.63) is 29.6 Å². The van der Waals surface area contributed by atoms with Gasteiger partial charge in [0.05, 0.1) is 12.2 Å². The molecule has 6 heteroatoms. The number of carbonyl (C=O) groups is 1. The first-order valence-corrected chi connectivity index (χ1v) is 7.81. The number of aromatic nitrogens is 1. The summed E-state index contributed by atoms with van der Waals surface area (Å²) in [6.45, 7) is 10.2. The Morgan fingerprint density at radius 3 is 2.55 bits per heavy atom. The Morgan fingerprint density at radius 1 is 1.27 bits per heavy atom. The number of amides is 1. The fraction of sp³-hybridized carbons (Fsp3) is 0.562. The Bertz CT molecular complexity index is 535. The van der Waals surface area contributed by atoms with Crippen molar-refractivity contribution in [2.45, 2.75) is 27.3 Å². The molecule has 1 N–H and O–H groups in total. The second kappa shape index (κ2) is 7.77. The first-order chi connectivity index (χ1) is 10.6. The van der Waals surface area contributed by atoms with Crippen LogP contribution in [0.2, 0.25) is 0 Å². The van der Waals surface area contributed by atoms with Crippen LogP contribution in [0.25, 0.3) is 0 Å².